The van der Waals surface area contributed by atoms with E-state index in [2.05, 4.69) is 114 Å². The first-order valence-electron chi connectivity index (χ1n) is 11.2. The SMILES string of the molecule is CCC(C)P(c1cc2ccccc2[cH-]1)C(C)CC.CP(C)c1cc2ccccc2[cH-]1.[Cl-].[Cl-].[Zr+4]. The van der Waals surface area contributed by atoms with Gasteiger partial charge in [-0.25, -0.2) is 0 Å². The fraction of sp³-hybridized carbons (Fsp3) is 0.357. The van der Waals surface area contributed by atoms with Crippen LogP contribution < -0.4 is 35.4 Å². The molecule has 0 fully saturated rings. The number of benzene rings is 2. The van der Waals surface area contributed by atoms with Crippen LogP contribution in [0.4, 0.5) is 0 Å². The molecule has 33 heavy (non-hydrogen) atoms. The molecule has 4 rings (SSSR count). The quantitative estimate of drug-likeness (QED) is 0.237. The van der Waals surface area contributed by atoms with Crippen molar-refractivity contribution in [3.05, 3.63) is 72.8 Å². The van der Waals surface area contributed by atoms with Gasteiger partial charge in [-0.2, -0.15) is 12.1 Å². The van der Waals surface area contributed by atoms with E-state index in [4.69, 9.17) is 0 Å². The Bertz CT molecular complexity index is 994. The van der Waals surface area contributed by atoms with Gasteiger partial charge in [0.05, 0.1) is 0 Å². The van der Waals surface area contributed by atoms with Crippen LogP contribution in [0.2, 0.25) is 0 Å². The second kappa shape index (κ2) is 15.9. The number of fused-ring (bicyclic) bond motifs is 2. The Kier molecular flexibility index (Phi) is 15.9. The van der Waals surface area contributed by atoms with Gasteiger partial charge in [-0.1, -0.05) is 47.7 Å². The normalized spacial score (nSPS) is 13.2. The van der Waals surface area contributed by atoms with Crippen LogP contribution in [0.25, 0.3) is 21.5 Å². The van der Waals surface area contributed by atoms with Crippen molar-refractivity contribution in [3.8, 4) is 0 Å². The Morgan fingerprint density at radius 3 is 1.48 bits per heavy atom. The van der Waals surface area contributed by atoms with Crippen LogP contribution in [0.1, 0.15) is 40.5 Å². The maximum atomic E-state index is 2.43. The third-order valence-corrected chi connectivity index (χ3v) is 10.9. The minimum absolute atomic E-state index is 0. The van der Waals surface area contributed by atoms with Crippen LogP contribution in [0.15, 0.2) is 72.8 Å². The molecular weight excluding hydrogens is 560 g/mol. The average Bonchev–Trinajstić information content (AvgIpc) is 3.38. The van der Waals surface area contributed by atoms with E-state index in [1.54, 1.807) is 5.30 Å². The molecule has 0 saturated heterocycles. The molecule has 2 atom stereocenters. The van der Waals surface area contributed by atoms with Crippen LogP contribution in [-0.2, 0) is 26.2 Å². The maximum Gasteiger partial charge on any atom is 4.00 e. The zero-order chi connectivity index (χ0) is 21.7. The van der Waals surface area contributed by atoms with Crippen LogP contribution in [0, 0.1) is 0 Å². The molecule has 0 spiro atoms. The van der Waals surface area contributed by atoms with Crippen molar-refractivity contribution >= 4 is 48.0 Å². The first-order valence-corrected chi connectivity index (χ1v) is 14.9. The summed E-state index contributed by atoms with van der Waals surface area (Å²) >= 11 is 0. The van der Waals surface area contributed by atoms with E-state index in [1.165, 1.54) is 39.7 Å². The van der Waals surface area contributed by atoms with E-state index >= 15 is 0 Å². The third kappa shape index (κ3) is 8.55. The molecule has 0 amide bonds. The van der Waals surface area contributed by atoms with Crippen molar-refractivity contribution in [3.63, 3.8) is 0 Å². The van der Waals surface area contributed by atoms with Crippen LogP contribution in [0.5, 0.6) is 0 Å². The van der Waals surface area contributed by atoms with E-state index in [0.29, 0.717) is 0 Å². The average molecular weight is 597 g/mol. The van der Waals surface area contributed by atoms with E-state index in [-0.39, 0.29) is 66.9 Å². The molecule has 0 aliphatic heterocycles. The first kappa shape index (κ1) is 33.0. The van der Waals surface area contributed by atoms with Gasteiger partial charge in [0.15, 0.2) is 0 Å². The van der Waals surface area contributed by atoms with Crippen LogP contribution >= 0.6 is 15.8 Å². The fourth-order valence-corrected chi connectivity index (χ4v) is 8.06. The Morgan fingerprint density at radius 1 is 0.697 bits per heavy atom. The molecule has 0 N–H and O–H groups in total. The number of hydrogen-bond acceptors (Lipinski definition) is 0. The monoisotopic (exact) mass is 594 g/mol. The summed E-state index contributed by atoms with van der Waals surface area (Å²) in [7, 11) is 0.0324. The van der Waals surface area contributed by atoms with Crippen molar-refractivity contribution in [2.45, 2.75) is 51.9 Å². The van der Waals surface area contributed by atoms with Gasteiger partial charge in [0, 0.05) is 0 Å². The van der Waals surface area contributed by atoms with E-state index in [0.717, 1.165) is 11.3 Å². The number of rotatable bonds is 6. The predicted molar refractivity (Wildman–Crippen MR) is 144 cm³/mol. The minimum Gasteiger partial charge on any atom is -1.00 e. The summed E-state index contributed by atoms with van der Waals surface area (Å²) in [5.74, 6) is 0. The smallest absolute Gasteiger partial charge is 1.00 e. The topological polar surface area (TPSA) is 0 Å². The van der Waals surface area contributed by atoms with Crippen LogP contribution in [-0.4, -0.2) is 24.6 Å². The Hall–Kier alpha value is -0.0169. The van der Waals surface area contributed by atoms with Gasteiger partial charge < -0.3 is 24.8 Å². The van der Waals surface area contributed by atoms with E-state index < -0.39 is 0 Å². The fourth-order valence-electron chi connectivity index (χ4n) is 4.01. The summed E-state index contributed by atoms with van der Waals surface area (Å²) in [6.45, 7) is 14.1. The van der Waals surface area contributed by atoms with E-state index in [9.17, 15) is 0 Å². The van der Waals surface area contributed by atoms with Gasteiger partial charge in [0.25, 0.3) is 0 Å². The molecule has 2 unspecified atom stereocenters. The Morgan fingerprint density at radius 2 is 1.09 bits per heavy atom. The molecule has 0 bridgehead atoms. The molecule has 4 aromatic carbocycles. The summed E-state index contributed by atoms with van der Waals surface area (Å²) < 4.78 is 0. The molecule has 0 nitrogen and oxygen atoms in total. The van der Waals surface area contributed by atoms with Crippen molar-refractivity contribution in [2.24, 2.45) is 0 Å². The molecule has 0 aliphatic rings. The van der Waals surface area contributed by atoms with Gasteiger partial charge in [-0.15, -0.1) is 88.6 Å². The van der Waals surface area contributed by atoms with Gasteiger partial charge in [-0.3, -0.25) is 0 Å². The molecule has 4 aromatic rings. The predicted octanol–water partition coefficient (Wildman–Crippen LogP) is 2.19. The second-order valence-electron chi connectivity index (χ2n) is 8.50. The second-order valence-corrected chi connectivity index (χ2v) is 13.9. The standard InChI is InChI=1S/C17H24P.C11H12P.2ClH.Zr/c1-5-13(3)18(14(4)6-2)17-11-15-9-7-8-10-16(15)12-17;1-12(2)11-7-9-5-3-4-6-10(9)8-11;;;/h7-14H,5-6H2,1-4H3;3-8H,1-2H3;2*1H;/q2*-1;;;+4/p-2. The molecule has 5 heteroatoms. The molecule has 0 aliphatic carbocycles. The van der Waals surface area contributed by atoms with Crippen molar-refractivity contribution in [2.75, 3.05) is 13.3 Å². The zero-order valence-corrected chi connectivity index (χ0v) is 26.4. The Labute approximate surface area is 235 Å². The minimum atomic E-state index is -0.0252. The number of hydrogen-bond donors (Lipinski definition) is 0. The summed E-state index contributed by atoms with van der Waals surface area (Å²) in [5, 5.41) is 8.69. The van der Waals surface area contributed by atoms with Gasteiger partial charge >= 0.3 is 26.2 Å². The van der Waals surface area contributed by atoms with Gasteiger partial charge in [0.1, 0.15) is 0 Å². The molecule has 0 aromatic heterocycles. The summed E-state index contributed by atoms with van der Waals surface area (Å²) in [6.07, 6.45) is 2.58. The molecule has 0 saturated carbocycles. The van der Waals surface area contributed by atoms with Crippen molar-refractivity contribution in [1.29, 1.82) is 0 Å². The first-order chi connectivity index (χ1) is 14.4. The maximum absolute atomic E-state index is 2.43. The van der Waals surface area contributed by atoms with Crippen molar-refractivity contribution < 1.29 is 51.0 Å². The largest absolute Gasteiger partial charge is 4.00 e. The molecular formula is C28H36Cl2P2Zr. The van der Waals surface area contributed by atoms with Gasteiger partial charge in [-0.05, 0) is 37.5 Å². The summed E-state index contributed by atoms with van der Waals surface area (Å²) in [4.78, 5) is 0. The number of halogens is 2. The Balaban J connectivity index is 0.000000603. The van der Waals surface area contributed by atoms with E-state index in [1.807, 2.05) is 0 Å². The van der Waals surface area contributed by atoms with Gasteiger partial charge in [0.2, 0.25) is 0 Å². The zero-order valence-electron chi connectivity index (χ0n) is 20.6. The molecule has 176 valence electrons. The molecule has 0 radical (unpaired) electrons. The van der Waals surface area contributed by atoms with Crippen molar-refractivity contribution in [1.82, 2.24) is 0 Å². The molecule has 0 heterocycles. The van der Waals surface area contributed by atoms with Crippen LogP contribution in [0.3, 0.4) is 0 Å². The summed E-state index contributed by atoms with van der Waals surface area (Å²) in [5.41, 5.74) is 1.65. The third-order valence-electron chi connectivity index (χ3n) is 6.15. The summed E-state index contributed by atoms with van der Waals surface area (Å²) in [6, 6.07) is 26.8.